The van der Waals surface area contributed by atoms with E-state index in [-0.39, 0.29) is 19.0 Å². The molecule has 6 N–H and O–H groups in total. The second-order valence-electron chi connectivity index (χ2n) is 3.98. The van der Waals surface area contributed by atoms with E-state index in [1.165, 1.54) is 0 Å². The Bertz CT molecular complexity index is 437. The molecule has 0 aromatic heterocycles. The molecule has 0 radical (unpaired) electrons. The van der Waals surface area contributed by atoms with Gasteiger partial charge < -0.3 is 31.2 Å². The first kappa shape index (κ1) is 15.2. The van der Waals surface area contributed by atoms with Gasteiger partial charge in [-0.3, -0.25) is 0 Å². The lowest BCUT2D eigenvalue weighted by molar-refractivity contribution is 0.0942. The predicted octanol–water partition coefficient (Wildman–Crippen LogP) is -0.767. The molecule has 0 fully saturated rings. The summed E-state index contributed by atoms with van der Waals surface area (Å²) >= 11 is 0. The molecular formula is C12H19N3O4. The van der Waals surface area contributed by atoms with Crippen molar-refractivity contribution < 1.29 is 20.2 Å². The third-order valence-corrected chi connectivity index (χ3v) is 2.59. The molecule has 19 heavy (non-hydrogen) atoms. The summed E-state index contributed by atoms with van der Waals surface area (Å²) in [4.78, 5) is 0. The normalized spacial score (nSPS) is 13.3. The van der Waals surface area contributed by atoms with Crippen molar-refractivity contribution in [2.45, 2.75) is 12.6 Å². The fourth-order valence-corrected chi connectivity index (χ4v) is 1.57. The average Bonchev–Trinajstić information content (AvgIpc) is 2.45. The molecule has 0 amide bonds. The number of rotatable bonds is 7. The number of methoxy groups -OCH3 is 1. The van der Waals surface area contributed by atoms with Crippen LogP contribution >= 0.6 is 0 Å². The van der Waals surface area contributed by atoms with Gasteiger partial charge in [0.2, 0.25) is 0 Å². The quantitative estimate of drug-likeness (QED) is 0.192. The van der Waals surface area contributed by atoms with Gasteiger partial charge in [0.05, 0.1) is 19.8 Å². The second-order valence-corrected chi connectivity index (χ2v) is 3.98. The van der Waals surface area contributed by atoms with E-state index >= 15 is 0 Å². The fourth-order valence-electron chi connectivity index (χ4n) is 1.57. The Hall–Kier alpha value is -1.83. The molecule has 0 aliphatic carbocycles. The van der Waals surface area contributed by atoms with E-state index in [4.69, 9.17) is 20.8 Å². The van der Waals surface area contributed by atoms with Crippen LogP contribution in [0.1, 0.15) is 11.1 Å². The van der Waals surface area contributed by atoms with Crippen LogP contribution in [-0.2, 0) is 6.54 Å². The highest BCUT2D eigenvalue weighted by molar-refractivity contribution is 5.97. The van der Waals surface area contributed by atoms with Crippen molar-refractivity contribution in [2.75, 3.05) is 20.3 Å². The molecule has 0 bridgehead atoms. The number of benzene rings is 1. The molecule has 0 aliphatic heterocycles. The summed E-state index contributed by atoms with van der Waals surface area (Å²) < 4.78 is 5.20. The van der Waals surface area contributed by atoms with Gasteiger partial charge >= 0.3 is 0 Å². The number of nitrogens with one attached hydrogen (secondary N) is 1. The highest BCUT2D eigenvalue weighted by Gasteiger charge is 2.08. The Morgan fingerprint density at radius 2 is 2.26 bits per heavy atom. The molecule has 1 unspecified atom stereocenters. The summed E-state index contributed by atoms with van der Waals surface area (Å²) in [5, 5.41) is 32.5. The minimum atomic E-state index is -0.807. The van der Waals surface area contributed by atoms with Gasteiger partial charge in [-0.1, -0.05) is 5.16 Å². The van der Waals surface area contributed by atoms with E-state index in [0.717, 1.165) is 5.56 Å². The summed E-state index contributed by atoms with van der Waals surface area (Å²) in [6, 6.07) is 5.12. The fraction of sp³-hybridized carbons (Fsp3) is 0.417. The Labute approximate surface area is 111 Å². The van der Waals surface area contributed by atoms with Crippen molar-refractivity contribution in [2.24, 2.45) is 10.9 Å². The topological polar surface area (TPSA) is 120 Å². The van der Waals surface area contributed by atoms with Crippen LogP contribution in [0.4, 0.5) is 0 Å². The molecule has 7 nitrogen and oxygen atoms in total. The number of ether oxygens (including phenoxy) is 1. The summed E-state index contributed by atoms with van der Waals surface area (Å²) in [5.41, 5.74) is 6.89. The van der Waals surface area contributed by atoms with Crippen molar-refractivity contribution >= 4 is 5.84 Å². The number of aliphatic hydroxyl groups excluding tert-OH is 2. The monoisotopic (exact) mass is 269 g/mol. The number of oxime groups is 1. The van der Waals surface area contributed by atoms with Crippen molar-refractivity contribution in [3.63, 3.8) is 0 Å². The number of hydrogen-bond acceptors (Lipinski definition) is 6. The first-order valence-electron chi connectivity index (χ1n) is 5.76. The van der Waals surface area contributed by atoms with Gasteiger partial charge in [-0.05, 0) is 18.2 Å². The second kappa shape index (κ2) is 7.57. The van der Waals surface area contributed by atoms with Crippen LogP contribution in [0, 0.1) is 0 Å². The molecule has 1 rings (SSSR count). The Balaban J connectivity index is 2.79. The highest BCUT2D eigenvalue weighted by atomic mass is 16.5. The number of hydrogen-bond donors (Lipinski definition) is 5. The zero-order valence-corrected chi connectivity index (χ0v) is 10.7. The van der Waals surface area contributed by atoms with Gasteiger partial charge in [-0.2, -0.15) is 0 Å². The van der Waals surface area contributed by atoms with Gasteiger partial charge in [0.15, 0.2) is 5.84 Å². The average molecular weight is 269 g/mol. The van der Waals surface area contributed by atoms with Gasteiger partial charge in [-0.15, -0.1) is 0 Å². The van der Waals surface area contributed by atoms with E-state index in [1.807, 2.05) is 0 Å². The molecule has 1 aromatic carbocycles. The van der Waals surface area contributed by atoms with Crippen LogP contribution in [0.5, 0.6) is 5.75 Å². The minimum Gasteiger partial charge on any atom is -0.496 e. The van der Waals surface area contributed by atoms with Crippen molar-refractivity contribution in [3.05, 3.63) is 29.3 Å². The summed E-state index contributed by atoms with van der Waals surface area (Å²) in [7, 11) is 1.55. The number of aliphatic hydroxyl groups is 2. The highest BCUT2D eigenvalue weighted by Crippen LogP contribution is 2.19. The van der Waals surface area contributed by atoms with E-state index < -0.39 is 6.10 Å². The zero-order valence-electron chi connectivity index (χ0n) is 10.7. The molecule has 0 heterocycles. The molecule has 0 spiro atoms. The summed E-state index contributed by atoms with van der Waals surface area (Å²) in [6.07, 6.45) is -0.807. The molecular weight excluding hydrogens is 250 g/mol. The molecule has 0 saturated heterocycles. The molecule has 0 saturated carbocycles. The minimum absolute atomic E-state index is 0.0132. The molecule has 106 valence electrons. The van der Waals surface area contributed by atoms with Crippen LogP contribution in [0.2, 0.25) is 0 Å². The third kappa shape index (κ3) is 4.40. The Morgan fingerprint density at radius 3 is 2.84 bits per heavy atom. The molecule has 0 aliphatic rings. The lowest BCUT2D eigenvalue weighted by Crippen LogP contribution is -2.29. The van der Waals surface area contributed by atoms with Crippen LogP contribution in [0.15, 0.2) is 23.4 Å². The summed E-state index contributed by atoms with van der Waals surface area (Å²) in [6.45, 7) is 0.383. The maximum atomic E-state index is 9.23. The molecule has 7 heteroatoms. The van der Waals surface area contributed by atoms with E-state index in [1.54, 1.807) is 25.3 Å². The maximum absolute atomic E-state index is 9.23. The third-order valence-electron chi connectivity index (χ3n) is 2.59. The largest absolute Gasteiger partial charge is 0.496 e. The van der Waals surface area contributed by atoms with Crippen molar-refractivity contribution in [1.29, 1.82) is 0 Å². The van der Waals surface area contributed by atoms with Gasteiger partial charge in [-0.25, -0.2) is 0 Å². The van der Waals surface area contributed by atoms with Gasteiger partial charge in [0.25, 0.3) is 0 Å². The van der Waals surface area contributed by atoms with Gasteiger partial charge in [0.1, 0.15) is 5.75 Å². The Morgan fingerprint density at radius 1 is 1.53 bits per heavy atom. The van der Waals surface area contributed by atoms with Crippen LogP contribution < -0.4 is 15.8 Å². The number of nitrogens with zero attached hydrogens (tertiary/aromatic N) is 1. The number of amidine groups is 1. The van der Waals surface area contributed by atoms with Crippen LogP contribution in [-0.4, -0.2) is 47.6 Å². The Kier molecular flexibility index (Phi) is 6.07. The lowest BCUT2D eigenvalue weighted by Gasteiger charge is -2.13. The van der Waals surface area contributed by atoms with Crippen molar-refractivity contribution in [3.8, 4) is 5.75 Å². The predicted molar refractivity (Wildman–Crippen MR) is 70.3 cm³/mol. The smallest absolute Gasteiger partial charge is 0.170 e. The van der Waals surface area contributed by atoms with Crippen molar-refractivity contribution in [1.82, 2.24) is 5.32 Å². The maximum Gasteiger partial charge on any atom is 0.170 e. The first-order chi connectivity index (χ1) is 9.12. The molecule has 1 atom stereocenters. The van der Waals surface area contributed by atoms with Gasteiger partial charge in [0, 0.05) is 24.2 Å². The number of nitrogens with two attached hydrogens (primary N) is 1. The zero-order chi connectivity index (χ0) is 14.3. The lowest BCUT2D eigenvalue weighted by atomic mass is 10.1. The van der Waals surface area contributed by atoms with Crippen LogP contribution in [0.25, 0.3) is 0 Å². The first-order valence-corrected chi connectivity index (χ1v) is 5.76. The van der Waals surface area contributed by atoms with E-state index in [2.05, 4.69) is 10.5 Å². The SMILES string of the molecule is COc1ccc(/C(N)=N/O)cc1CNCC(O)CO. The summed E-state index contributed by atoms with van der Waals surface area (Å²) in [5.74, 6) is 0.666. The van der Waals surface area contributed by atoms with Crippen LogP contribution in [0.3, 0.4) is 0 Å². The van der Waals surface area contributed by atoms with E-state index in [9.17, 15) is 5.11 Å². The molecule has 1 aromatic rings. The van der Waals surface area contributed by atoms with E-state index in [0.29, 0.717) is 17.9 Å². The standard InChI is InChI=1S/C12H19N3O4/c1-19-11-3-2-8(12(13)15-18)4-9(11)5-14-6-10(17)7-16/h2-4,10,14,16-18H,5-7H2,1H3,(H2,13,15).